The second-order valence-corrected chi connectivity index (χ2v) is 8.97. The van der Waals surface area contributed by atoms with Gasteiger partial charge in [0, 0.05) is 44.5 Å². The van der Waals surface area contributed by atoms with Gasteiger partial charge in [0.1, 0.15) is 4.90 Å². The first-order valence-corrected chi connectivity index (χ1v) is 10.4. The van der Waals surface area contributed by atoms with E-state index < -0.39 is 28.0 Å². The summed E-state index contributed by atoms with van der Waals surface area (Å²) in [5.41, 5.74) is 0. The summed E-state index contributed by atoms with van der Waals surface area (Å²) in [5.74, 6) is -2.19. The molecule has 10 heteroatoms. The smallest absolute Gasteiger partial charge is 0.342 e. The molecule has 0 aliphatic carbocycles. The van der Waals surface area contributed by atoms with Crippen LogP contribution < -0.4 is 0 Å². The van der Waals surface area contributed by atoms with Gasteiger partial charge in [-0.05, 0) is 37.8 Å². The Morgan fingerprint density at radius 2 is 1.85 bits per heavy atom. The van der Waals surface area contributed by atoms with E-state index in [1.807, 2.05) is 0 Å². The van der Waals surface area contributed by atoms with Crippen LogP contribution >= 0.6 is 0 Å². The number of hydrogen-bond donors (Lipinski definition) is 0. The van der Waals surface area contributed by atoms with Crippen molar-refractivity contribution >= 4 is 15.9 Å². The fourth-order valence-electron chi connectivity index (χ4n) is 3.69. The maximum atomic E-state index is 12.9. The van der Waals surface area contributed by atoms with Gasteiger partial charge < -0.3 is 4.90 Å². The molecule has 0 radical (unpaired) electrons. The summed E-state index contributed by atoms with van der Waals surface area (Å²) >= 11 is 0. The Balaban J connectivity index is 1.60. The van der Waals surface area contributed by atoms with E-state index in [0.717, 1.165) is 0 Å². The molecule has 3 heterocycles. The quantitative estimate of drug-likeness (QED) is 0.774. The van der Waals surface area contributed by atoms with E-state index in [-0.39, 0.29) is 36.9 Å². The molecule has 1 aromatic heterocycles. The Morgan fingerprint density at radius 3 is 2.44 bits per heavy atom. The number of sulfonamides is 1. The Labute approximate surface area is 156 Å². The molecule has 2 aliphatic rings. The second-order valence-electron chi connectivity index (χ2n) is 7.03. The number of carbonyl (C=O) groups excluding carboxylic acids is 1. The molecule has 150 valence electrons. The van der Waals surface area contributed by atoms with Crippen molar-refractivity contribution in [2.24, 2.45) is 11.8 Å². The minimum Gasteiger partial charge on any atom is -0.342 e. The molecule has 0 spiro atoms. The summed E-state index contributed by atoms with van der Waals surface area (Å²) in [6.45, 7) is 0.379. The molecule has 1 unspecified atom stereocenters. The number of nitrogens with zero attached hydrogens (tertiary/aromatic N) is 3. The zero-order valence-electron chi connectivity index (χ0n) is 14.7. The molecule has 0 N–H and O–H groups in total. The van der Waals surface area contributed by atoms with Crippen LogP contribution in [0.4, 0.5) is 13.2 Å². The van der Waals surface area contributed by atoms with E-state index >= 15 is 0 Å². The lowest BCUT2D eigenvalue weighted by molar-refractivity contribution is -0.188. The molecule has 2 aliphatic heterocycles. The first kappa shape index (κ1) is 20.1. The van der Waals surface area contributed by atoms with Gasteiger partial charge in [0.25, 0.3) is 0 Å². The number of pyridine rings is 1. The average Bonchev–Trinajstić information content (AvgIpc) is 2.67. The van der Waals surface area contributed by atoms with Crippen LogP contribution in [0.25, 0.3) is 0 Å². The van der Waals surface area contributed by atoms with E-state index in [1.54, 1.807) is 0 Å². The topological polar surface area (TPSA) is 70.6 Å². The number of carbonyl (C=O) groups is 1. The van der Waals surface area contributed by atoms with Crippen molar-refractivity contribution in [1.29, 1.82) is 0 Å². The molecule has 2 fully saturated rings. The maximum Gasteiger partial charge on any atom is 0.393 e. The molecular weight excluding hydrogens is 383 g/mol. The van der Waals surface area contributed by atoms with Crippen LogP contribution in [0.15, 0.2) is 29.4 Å². The molecule has 0 aromatic carbocycles. The molecule has 0 bridgehead atoms. The number of alkyl halides is 3. The Bertz CT molecular complexity index is 763. The van der Waals surface area contributed by atoms with Crippen molar-refractivity contribution < 1.29 is 26.4 Å². The average molecular weight is 405 g/mol. The number of halogens is 3. The SMILES string of the molecule is O=C(C1CCN(S(=O)(=O)c2cccnc2)CC1)N1CCCC(C(F)(F)F)C1. The third-order valence-electron chi connectivity index (χ3n) is 5.27. The minimum atomic E-state index is -4.29. The highest BCUT2D eigenvalue weighted by molar-refractivity contribution is 7.89. The van der Waals surface area contributed by atoms with Crippen LogP contribution in [0.5, 0.6) is 0 Å². The van der Waals surface area contributed by atoms with Crippen molar-refractivity contribution in [3.8, 4) is 0 Å². The van der Waals surface area contributed by atoms with Crippen LogP contribution in [0.3, 0.4) is 0 Å². The van der Waals surface area contributed by atoms with Crippen molar-refractivity contribution in [2.75, 3.05) is 26.2 Å². The van der Waals surface area contributed by atoms with Crippen LogP contribution in [0.1, 0.15) is 25.7 Å². The molecule has 2 saturated heterocycles. The lowest BCUT2D eigenvalue weighted by Gasteiger charge is -2.38. The van der Waals surface area contributed by atoms with Crippen molar-refractivity contribution in [3.63, 3.8) is 0 Å². The first-order chi connectivity index (χ1) is 12.7. The van der Waals surface area contributed by atoms with Gasteiger partial charge in [0.2, 0.25) is 15.9 Å². The Morgan fingerprint density at radius 1 is 1.15 bits per heavy atom. The Hall–Kier alpha value is -1.68. The standard InChI is InChI=1S/C17H22F3N3O3S/c18-17(19,20)14-3-2-8-22(12-14)16(24)13-5-9-23(10-6-13)27(25,26)15-4-1-7-21-11-15/h1,4,7,11,13-14H,2-3,5-6,8-10,12H2. The van der Waals surface area contributed by atoms with Crippen LogP contribution in [0.2, 0.25) is 0 Å². The van der Waals surface area contributed by atoms with Gasteiger partial charge in [-0.25, -0.2) is 8.42 Å². The zero-order valence-corrected chi connectivity index (χ0v) is 15.5. The van der Waals surface area contributed by atoms with Gasteiger partial charge >= 0.3 is 6.18 Å². The molecule has 3 rings (SSSR count). The summed E-state index contributed by atoms with van der Waals surface area (Å²) < 4.78 is 65.3. The van der Waals surface area contributed by atoms with Gasteiger partial charge in [-0.15, -0.1) is 0 Å². The van der Waals surface area contributed by atoms with Gasteiger partial charge in [0.05, 0.1) is 5.92 Å². The summed E-state index contributed by atoms with van der Waals surface area (Å²) in [4.78, 5) is 17.9. The minimum absolute atomic E-state index is 0.0507. The monoisotopic (exact) mass is 405 g/mol. The van der Waals surface area contributed by atoms with E-state index in [0.29, 0.717) is 25.8 Å². The highest BCUT2D eigenvalue weighted by atomic mass is 32.2. The number of piperidine rings is 2. The van der Waals surface area contributed by atoms with Crippen LogP contribution in [0, 0.1) is 11.8 Å². The van der Waals surface area contributed by atoms with Crippen molar-refractivity contribution in [3.05, 3.63) is 24.5 Å². The van der Waals surface area contributed by atoms with Gasteiger partial charge in [-0.3, -0.25) is 9.78 Å². The highest BCUT2D eigenvalue weighted by Crippen LogP contribution is 2.34. The van der Waals surface area contributed by atoms with E-state index in [4.69, 9.17) is 0 Å². The maximum absolute atomic E-state index is 12.9. The summed E-state index contributed by atoms with van der Waals surface area (Å²) in [5, 5.41) is 0. The van der Waals surface area contributed by atoms with E-state index in [1.165, 1.54) is 33.7 Å². The number of amides is 1. The molecular formula is C17H22F3N3O3S. The van der Waals surface area contributed by atoms with Gasteiger partial charge in [0.15, 0.2) is 0 Å². The van der Waals surface area contributed by atoms with Crippen LogP contribution in [-0.2, 0) is 14.8 Å². The highest BCUT2D eigenvalue weighted by Gasteiger charge is 2.44. The van der Waals surface area contributed by atoms with E-state index in [2.05, 4.69) is 4.98 Å². The largest absolute Gasteiger partial charge is 0.393 e. The van der Waals surface area contributed by atoms with Crippen LogP contribution in [-0.4, -0.2) is 60.9 Å². The zero-order chi connectivity index (χ0) is 19.7. The number of aromatic nitrogens is 1. The summed E-state index contributed by atoms with van der Waals surface area (Å²) in [6.07, 6.45) is -0.523. The Kier molecular flexibility index (Phi) is 5.76. The molecule has 1 aromatic rings. The number of rotatable bonds is 3. The van der Waals surface area contributed by atoms with Crippen molar-refractivity contribution in [1.82, 2.24) is 14.2 Å². The lowest BCUT2D eigenvalue weighted by atomic mass is 9.92. The molecule has 0 saturated carbocycles. The lowest BCUT2D eigenvalue weighted by Crippen LogP contribution is -2.49. The fourth-order valence-corrected chi connectivity index (χ4v) is 5.13. The second kappa shape index (κ2) is 7.75. The van der Waals surface area contributed by atoms with Crippen molar-refractivity contribution in [2.45, 2.75) is 36.8 Å². The third kappa shape index (κ3) is 4.43. The molecule has 1 amide bonds. The van der Waals surface area contributed by atoms with Gasteiger partial charge in [-0.1, -0.05) is 0 Å². The number of likely N-dealkylation sites (tertiary alicyclic amines) is 1. The molecule has 1 atom stereocenters. The molecule has 27 heavy (non-hydrogen) atoms. The predicted molar refractivity (Wildman–Crippen MR) is 91.1 cm³/mol. The van der Waals surface area contributed by atoms with Gasteiger partial charge in [-0.2, -0.15) is 17.5 Å². The molecule has 6 nitrogen and oxygen atoms in total. The summed E-state index contributed by atoms with van der Waals surface area (Å²) in [6, 6.07) is 3.00. The predicted octanol–water partition coefficient (Wildman–Crippen LogP) is 2.28. The first-order valence-electron chi connectivity index (χ1n) is 8.95. The summed E-state index contributed by atoms with van der Waals surface area (Å²) in [7, 11) is -3.67. The normalized spacial score (nSPS) is 23.4. The number of hydrogen-bond acceptors (Lipinski definition) is 4. The fraction of sp³-hybridized carbons (Fsp3) is 0.647. The van der Waals surface area contributed by atoms with E-state index in [9.17, 15) is 26.4 Å². The third-order valence-corrected chi connectivity index (χ3v) is 7.15.